The summed E-state index contributed by atoms with van der Waals surface area (Å²) in [6, 6.07) is 45.3. The van der Waals surface area contributed by atoms with Gasteiger partial charge < -0.3 is 9.32 Å². The molecule has 0 N–H and O–H groups in total. The molecule has 6 heteroatoms. The number of para-hydroxylation sites is 3. The van der Waals surface area contributed by atoms with Crippen molar-refractivity contribution in [3.63, 3.8) is 0 Å². The standard InChI is InChI=1S/C41H29N5O/c1-41-26-30(40-42-33-19-11-12-20-35(33)47-40)22-24-36(41)46(31-17-9-4-10-18-31)34-23-21-29(25-32(34)41)39-44-37(27-13-5-2-6-14-27)43-38(45-39)28-15-7-3-8-16-28/h2-26,36H,1H3. The first kappa shape index (κ1) is 27.2. The van der Waals surface area contributed by atoms with Crippen LogP contribution in [0.2, 0.25) is 0 Å². The molecule has 5 aromatic carbocycles. The molecule has 0 amide bonds. The Bertz CT molecular complexity index is 2240. The minimum Gasteiger partial charge on any atom is -0.436 e. The summed E-state index contributed by atoms with van der Waals surface area (Å²) in [7, 11) is 0. The van der Waals surface area contributed by atoms with Crippen LogP contribution in [-0.4, -0.2) is 26.0 Å². The van der Waals surface area contributed by atoms with Crippen molar-refractivity contribution < 1.29 is 4.42 Å². The first-order valence-electron chi connectivity index (χ1n) is 15.8. The Balaban J connectivity index is 1.22. The molecule has 47 heavy (non-hydrogen) atoms. The summed E-state index contributed by atoms with van der Waals surface area (Å²) in [5.74, 6) is 2.54. The highest BCUT2D eigenvalue weighted by Crippen LogP contribution is 2.53. The predicted octanol–water partition coefficient (Wildman–Crippen LogP) is 9.45. The van der Waals surface area contributed by atoms with Crippen molar-refractivity contribution in [2.45, 2.75) is 18.4 Å². The third kappa shape index (κ3) is 4.57. The van der Waals surface area contributed by atoms with Crippen LogP contribution in [0.4, 0.5) is 11.4 Å². The number of hydrogen-bond donors (Lipinski definition) is 0. The highest BCUT2D eigenvalue weighted by molar-refractivity contribution is 5.85. The van der Waals surface area contributed by atoms with Gasteiger partial charge in [0.15, 0.2) is 23.1 Å². The zero-order chi connectivity index (χ0) is 31.4. The summed E-state index contributed by atoms with van der Waals surface area (Å²) >= 11 is 0. The van der Waals surface area contributed by atoms with Gasteiger partial charge in [0.2, 0.25) is 5.89 Å². The van der Waals surface area contributed by atoms with Crippen LogP contribution >= 0.6 is 0 Å². The molecule has 2 atom stereocenters. The number of nitrogens with zero attached hydrogens (tertiary/aromatic N) is 5. The van der Waals surface area contributed by atoms with Crippen LogP contribution < -0.4 is 4.90 Å². The topological polar surface area (TPSA) is 67.9 Å². The number of hydrogen-bond acceptors (Lipinski definition) is 6. The number of rotatable bonds is 5. The molecule has 3 heterocycles. The number of fused-ring (bicyclic) bond motifs is 4. The van der Waals surface area contributed by atoms with Crippen LogP contribution in [-0.2, 0) is 5.41 Å². The van der Waals surface area contributed by atoms with E-state index in [9.17, 15) is 0 Å². The van der Waals surface area contributed by atoms with Gasteiger partial charge in [-0.25, -0.2) is 19.9 Å². The molecule has 0 saturated carbocycles. The molecule has 224 valence electrons. The second-order valence-corrected chi connectivity index (χ2v) is 12.1. The Kier molecular flexibility index (Phi) is 6.21. The molecular formula is C41H29N5O. The maximum absolute atomic E-state index is 6.23. The van der Waals surface area contributed by atoms with E-state index in [0.717, 1.165) is 44.7 Å². The summed E-state index contributed by atoms with van der Waals surface area (Å²) in [6.07, 6.45) is 6.73. The molecule has 2 aromatic heterocycles. The van der Waals surface area contributed by atoms with Crippen LogP contribution in [0.5, 0.6) is 0 Å². The first-order chi connectivity index (χ1) is 23.1. The summed E-state index contributed by atoms with van der Waals surface area (Å²) in [6.45, 7) is 2.30. The number of benzene rings is 5. The molecule has 1 aliphatic heterocycles. The average Bonchev–Trinajstić information content (AvgIpc) is 3.69. The third-order valence-electron chi connectivity index (χ3n) is 9.18. The predicted molar refractivity (Wildman–Crippen MR) is 187 cm³/mol. The summed E-state index contributed by atoms with van der Waals surface area (Å²) in [5.41, 5.74) is 8.48. The van der Waals surface area contributed by atoms with Gasteiger partial charge in [-0.2, -0.15) is 0 Å². The zero-order valence-electron chi connectivity index (χ0n) is 25.7. The van der Waals surface area contributed by atoms with Gasteiger partial charge in [-0.1, -0.05) is 109 Å². The summed E-state index contributed by atoms with van der Waals surface area (Å²) in [5, 5.41) is 0. The Labute approximate surface area is 272 Å². The quantitative estimate of drug-likeness (QED) is 0.194. The normalized spacial score (nSPS) is 18.2. The second kappa shape index (κ2) is 10.7. The summed E-state index contributed by atoms with van der Waals surface area (Å²) in [4.78, 5) is 22.2. The third-order valence-corrected chi connectivity index (χ3v) is 9.18. The van der Waals surface area contributed by atoms with E-state index in [-0.39, 0.29) is 6.04 Å². The molecular weight excluding hydrogens is 578 g/mol. The van der Waals surface area contributed by atoms with Gasteiger partial charge in [-0.15, -0.1) is 0 Å². The van der Waals surface area contributed by atoms with E-state index in [4.69, 9.17) is 24.4 Å². The highest BCUT2D eigenvalue weighted by atomic mass is 16.3. The molecule has 7 aromatic rings. The summed E-state index contributed by atoms with van der Waals surface area (Å²) < 4.78 is 6.23. The van der Waals surface area contributed by atoms with E-state index in [2.05, 4.69) is 78.6 Å². The van der Waals surface area contributed by atoms with Crippen LogP contribution in [0.15, 0.2) is 156 Å². The van der Waals surface area contributed by atoms with E-state index in [0.29, 0.717) is 23.4 Å². The molecule has 1 aliphatic carbocycles. The van der Waals surface area contributed by atoms with Gasteiger partial charge in [-0.3, -0.25) is 0 Å². The van der Waals surface area contributed by atoms with Gasteiger partial charge in [0.1, 0.15) is 5.52 Å². The van der Waals surface area contributed by atoms with Crippen molar-refractivity contribution in [2.75, 3.05) is 4.90 Å². The highest BCUT2D eigenvalue weighted by Gasteiger charge is 2.48. The fourth-order valence-corrected chi connectivity index (χ4v) is 6.86. The molecule has 2 aliphatic rings. The molecule has 0 saturated heterocycles. The lowest BCUT2D eigenvalue weighted by Gasteiger charge is -2.35. The molecule has 0 bridgehead atoms. The Morgan fingerprint density at radius 1 is 0.617 bits per heavy atom. The van der Waals surface area contributed by atoms with Gasteiger partial charge in [0, 0.05) is 39.1 Å². The molecule has 2 unspecified atom stereocenters. The minimum absolute atomic E-state index is 0.0430. The molecule has 6 nitrogen and oxygen atoms in total. The maximum atomic E-state index is 6.23. The lowest BCUT2D eigenvalue weighted by atomic mass is 9.74. The van der Waals surface area contributed by atoms with E-state index in [1.54, 1.807) is 0 Å². The Morgan fingerprint density at radius 3 is 1.87 bits per heavy atom. The second-order valence-electron chi connectivity index (χ2n) is 12.1. The minimum atomic E-state index is -0.399. The van der Waals surface area contributed by atoms with Crippen molar-refractivity contribution >= 4 is 28.0 Å². The lowest BCUT2D eigenvalue weighted by molar-refractivity contribution is 0.544. The van der Waals surface area contributed by atoms with Gasteiger partial charge in [-0.05, 0) is 55.0 Å². The van der Waals surface area contributed by atoms with E-state index in [1.165, 1.54) is 5.56 Å². The van der Waals surface area contributed by atoms with Crippen molar-refractivity contribution in [1.29, 1.82) is 0 Å². The van der Waals surface area contributed by atoms with Crippen LogP contribution in [0.1, 0.15) is 18.4 Å². The van der Waals surface area contributed by atoms with Gasteiger partial charge >= 0.3 is 0 Å². The van der Waals surface area contributed by atoms with Crippen LogP contribution in [0.3, 0.4) is 0 Å². The van der Waals surface area contributed by atoms with Crippen molar-refractivity contribution in [3.8, 4) is 34.2 Å². The Hall–Kier alpha value is -6.14. The van der Waals surface area contributed by atoms with E-state index in [1.807, 2.05) is 84.9 Å². The smallest absolute Gasteiger partial charge is 0.227 e. The van der Waals surface area contributed by atoms with Crippen LogP contribution in [0, 0.1) is 0 Å². The number of anilines is 2. The number of oxazole rings is 1. The number of aromatic nitrogens is 4. The zero-order valence-corrected chi connectivity index (χ0v) is 25.7. The molecule has 0 fully saturated rings. The monoisotopic (exact) mass is 607 g/mol. The average molecular weight is 608 g/mol. The van der Waals surface area contributed by atoms with Crippen LogP contribution in [0.25, 0.3) is 50.8 Å². The van der Waals surface area contributed by atoms with Crippen molar-refractivity contribution in [2.24, 2.45) is 0 Å². The largest absolute Gasteiger partial charge is 0.436 e. The van der Waals surface area contributed by atoms with Gasteiger partial charge in [0.25, 0.3) is 0 Å². The molecule has 0 radical (unpaired) electrons. The van der Waals surface area contributed by atoms with Crippen molar-refractivity contribution in [1.82, 2.24) is 19.9 Å². The lowest BCUT2D eigenvalue weighted by Crippen LogP contribution is -2.39. The van der Waals surface area contributed by atoms with Gasteiger partial charge in [0.05, 0.1) is 6.04 Å². The van der Waals surface area contributed by atoms with E-state index >= 15 is 0 Å². The SMILES string of the molecule is CC12C=C(c3nc4ccccc4o3)C=CC1N(c1ccccc1)c1ccc(-c3nc(-c4ccccc4)nc(-c4ccccc4)n3)cc12. The fourth-order valence-electron chi connectivity index (χ4n) is 6.86. The maximum Gasteiger partial charge on any atom is 0.227 e. The fraction of sp³-hybridized carbons (Fsp3) is 0.0732. The first-order valence-corrected chi connectivity index (χ1v) is 15.8. The molecule has 0 spiro atoms. The number of allylic oxidation sites excluding steroid dienone is 2. The van der Waals surface area contributed by atoms with E-state index < -0.39 is 5.41 Å². The molecule has 9 rings (SSSR count). The van der Waals surface area contributed by atoms with Crippen molar-refractivity contribution in [3.05, 3.63) is 163 Å². The Morgan fingerprint density at radius 2 is 1.21 bits per heavy atom.